The van der Waals surface area contributed by atoms with Gasteiger partial charge < -0.3 is 10.2 Å². The van der Waals surface area contributed by atoms with Crippen LogP contribution in [-0.4, -0.2) is 33.2 Å². The molecule has 66 valence electrons. The number of hydrogen-bond donors (Lipinski definition) is 2. The fourth-order valence-corrected chi connectivity index (χ4v) is 0.446. The molecule has 2 N–H and O–H groups in total. The highest BCUT2D eigenvalue weighted by Gasteiger charge is 2.27. The molecule has 0 rings (SSSR count). The number of carbonyl (C=O) groups excluding carboxylic acids is 1. The summed E-state index contributed by atoms with van der Waals surface area (Å²) in [6.45, 7) is 4.35. The van der Waals surface area contributed by atoms with Crippen LogP contribution >= 0.6 is 0 Å². The molecule has 0 saturated heterocycles. The minimum absolute atomic E-state index is 0.153. The van der Waals surface area contributed by atoms with E-state index in [1.54, 1.807) is 0 Å². The molecule has 3 amide bonds. The Bertz CT molecular complexity index is 243. The second-order valence-electron chi connectivity index (χ2n) is 1.99. The number of carboxylic acid groups (broad SMARTS) is 2. The Morgan fingerprint density at radius 1 is 1.17 bits per heavy atom. The lowest BCUT2D eigenvalue weighted by atomic mass is 10.3. The molecule has 6 heteroatoms. The maximum Gasteiger partial charge on any atom is 0.424 e. The van der Waals surface area contributed by atoms with E-state index < -0.39 is 18.1 Å². The van der Waals surface area contributed by atoms with Crippen molar-refractivity contribution in [2.45, 2.75) is 6.92 Å². The summed E-state index contributed by atoms with van der Waals surface area (Å²) in [5.74, 6) is -1.14. The molecule has 0 saturated carbocycles. The van der Waals surface area contributed by atoms with Crippen LogP contribution in [-0.2, 0) is 4.79 Å². The van der Waals surface area contributed by atoms with Gasteiger partial charge in [-0.25, -0.2) is 9.59 Å². The molecule has 0 spiro atoms. The molecule has 0 radical (unpaired) electrons. The molecule has 0 aromatic rings. The van der Waals surface area contributed by atoms with Gasteiger partial charge in [-0.1, -0.05) is 6.58 Å². The lowest BCUT2D eigenvalue weighted by Crippen LogP contribution is -2.40. The Morgan fingerprint density at radius 2 is 1.50 bits per heavy atom. The lowest BCUT2D eigenvalue weighted by Gasteiger charge is -2.10. The Kier molecular flexibility index (Phi) is 2.97. The molecular formula is C6H7NO5. The molecule has 0 unspecified atom stereocenters. The zero-order chi connectivity index (χ0) is 9.89. The van der Waals surface area contributed by atoms with Gasteiger partial charge in [0.25, 0.3) is 5.91 Å². The third kappa shape index (κ3) is 2.08. The predicted molar refractivity (Wildman–Crippen MR) is 37.7 cm³/mol. The Balaban J connectivity index is 4.76. The first-order valence-corrected chi connectivity index (χ1v) is 2.83. The minimum atomic E-state index is -1.84. The zero-order valence-corrected chi connectivity index (χ0v) is 6.27. The number of nitrogens with zero attached hydrogens (tertiary/aromatic N) is 1. The average molecular weight is 173 g/mol. The van der Waals surface area contributed by atoms with Crippen molar-refractivity contribution in [2.24, 2.45) is 0 Å². The standard InChI is InChI=1S/C6H7NO5/c1-3(2)4(8)7(5(9)10)6(11)12/h1H2,2H3,(H,9,10)(H,11,12). The number of amides is 3. The highest BCUT2D eigenvalue weighted by Crippen LogP contribution is 1.99. The minimum Gasteiger partial charge on any atom is -0.464 e. The zero-order valence-electron chi connectivity index (χ0n) is 6.27. The fraction of sp³-hybridized carbons (Fsp3) is 0.167. The maximum atomic E-state index is 10.8. The number of imide groups is 3. The topological polar surface area (TPSA) is 94.9 Å². The first-order valence-electron chi connectivity index (χ1n) is 2.83. The Morgan fingerprint density at radius 3 is 1.58 bits per heavy atom. The lowest BCUT2D eigenvalue weighted by molar-refractivity contribution is -0.123. The van der Waals surface area contributed by atoms with Gasteiger partial charge in [-0.15, -0.1) is 4.90 Å². The van der Waals surface area contributed by atoms with Crippen LogP contribution in [0.3, 0.4) is 0 Å². The van der Waals surface area contributed by atoms with Crippen molar-refractivity contribution >= 4 is 18.1 Å². The van der Waals surface area contributed by atoms with E-state index in [0.29, 0.717) is 0 Å². The number of carbonyl (C=O) groups is 3. The second kappa shape index (κ2) is 3.51. The van der Waals surface area contributed by atoms with Crippen LogP contribution in [0.25, 0.3) is 0 Å². The molecule has 0 aliphatic carbocycles. The third-order valence-electron chi connectivity index (χ3n) is 0.951. The van der Waals surface area contributed by atoms with Gasteiger partial charge >= 0.3 is 12.2 Å². The summed E-state index contributed by atoms with van der Waals surface area (Å²) in [4.78, 5) is 30.8. The van der Waals surface area contributed by atoms with Gasteiger partial charge in [-0.05, 0) is 6.92 Å². The molecule has 0 aliphatic rings. The summed E-state index contributed by atoms with van der Waals surface area (Å²) in [6, 6.07) is 0. The van der Waals surface area contributed by atoms with Gasteiger partial charge in [-0.3, -0.25) is 4.79 Å². The molecular weight excluding hydrogens is 166 g/mol. The summed E-state index contributed by atoms with van der Waals surface area (Å²) >= 11 is 0. The van der Waals surface area contributed by atoms with Gasteiger partial charge in [0.2, 0.25) is 0 Å². The van der Waals surface area contributed by atoms with Gasteiger partial charge in [0.05, 0.1) is 0 Å². The van der Waals surface area contributed by atoms with Crippen molar-refractivity contribution in [3.63, 3.8) is 0 Å². The van der Waals surface area contributed by atoms with Crippen LogP contribution in [0.2, 0.25) is 0 Å². The van der Waals surface area contributed by atoms with E-state index in [4.69, 9.17) is 10.2 Å². The van der Waals surface area contributed by atoms with Crippen molar-refractivity contribution in [1.82, 2.24) is 4.90 Å². The number of rotatable bonds is 1. The number of hydrogen-bond acceptors (Lipinski definition) is 3. The first kappa shape index (κ1) is 10.2. The van der Waals surface area contributed by atoms with E-state index in [1.807, 2.05) is 0 Å². The van der Waals surface area contributed by atoms with Crippen molar-refractivity contribution in [3.8, 4) is 0 Å². The maximum absolute atomic E-state index is 10.8. The van der Waals surface area contributed by atoms with E-state index in [2.05, 4.69) is 6.58 Å². The van der Waals surface area contributed by atoms with Crippen molar-refractivity contribution in [2.75, 3.05) is 0 Å². The van der Waals surface area contributed by atoms with Crippen LogP contribution < -0.4 is 0 Å². The predicted octanol–water partition coefficient (Wildman–Crippen LogP) is 0.747. The molecule has 0 heterocycles. The summed E-state index contributed by atoms with van der Waals surface area (Å²) in [6.07, 6.45) is -3.67. The van der Waals surface area contributed by atoms with Gasteiger partial charge in [0.15, 0.2) is 0 Å². The van der Waals surface area contributed by atoms with E-state index in [9.17, 15) is 14.4 Å². The average Bonchev–Trinajstić information content (AvgIpc) is 1.85. The fourth-order valence-electron chi connectivity index (χ4n) is 0.446. The van der Waals surface area contributed by atoms with Crippen LogP contribution in [0.5, 0.6) is 0 Å². The Hall–Kier alpha value is -1.85. The smallest absolute Gasteiger partial charge is 0.424 e. The van der Waals surface area contributed by atoms with E-state index >= 15 is 0 Å². The van der Waals surface area contributed by atoms with E-state index in [-0.39, 0.29) is 10.5 Å². The summed E-state index contributed by atoms with van der Waals surface area (Å²) in [7, 11) is 0. The molecule has 0 bridgehead atoms. The summed E-state index contributed by atoms with van der Waals surface area (Å²) in [5, 5.41) is 16.5. The highest BCUT2D eigenvalue weighted by molar-refractivity contribution is 6.11. The van der Waals surface area contributed by atoms with Crippen LogP contribution in [0.1, 0.15) is 6.92 Å². The largest absolute Gasteiger partial charge is 0.464 e. The quantitative estimate of drug-likeness (QED) is 0.570. The summed E-state index contributed by atoms with van der Waals surface area (Å²) in [5.41, 5.74) is -0.153. The molecule has 12 heavy (non-hydrogen) atoms. The molecule has 0 aromatic carbocycles. The van der Waals surface area contributed by atoms with Crippen molar-refractivity contribution in [1.29, 1.82) is 0 Å². The van der Waals surface area contributed by atoms with E-state index in [0.717, 1.165) is 0 Å². The molecule has 6 nitrogen and oxygen atoms in total. The van der Waals surface area contributed by atoms with Crippen molar-refractivity contribution < 1.29 is 24.6 Å². The molecule has 0 atom stereocenters. The van der Waals surface area contributed by atoms with Gasteiger partial charge in [-0.2, -0.15) is 0 Å². The van der Waals surface area contributed by atoms with E-state index in [1.165, 1.54) is 6.92 Å². The summed E-state index contributed by atoms with van der Waals surface area (Å²) < 4.78 is 0. The SMILES string of the molecule is C=C(C)C(=O)N(C(=O)O)C(=O)O. The van der Waals surface area contributed by atoms with Crippen molar-refractivity contribution in [3.05, 3.63) is 12.2 Å². The molecule has 0 aliphatic heterocycles. The monoisotopic (exact) mass is 173 g/mol. The van der Waals surface area contributed by atoms with Crippen LogP contribution in [0.15, 0.2) is 12.2 Å². The first-order chi connectivity index (χ1) is 5.37. The van der Waals surface area contributed by atoms with Gasteiger partial charge in [0.1, 0.15) is 0 Å². The molecule has 0 aromatic heterocycles. The third-order valence-corrected chi connectivity index (χ3v) is 0.951. The Labute approximate surface area is 67.7 Å². The van der Waals surface area contributed by atoms with Crippen LogP contribution in [0, 0.1) is 0 Å². The highest BCUT2D eigenvalue weighted by atomic mass is 16.4. The van der Waals surface area contributed by atoms with Crippen LogP contribution in [0.4, 0.5) is 9.59 Å². The second-order valence-corrected chi connectivity index (χ2v) is 1.99. The molecule has 0 fully saturated rings. The normalized spacial score (nSPS) is 8.75. The van der Waals surface area contributed by atoms with Gasteiger partial charge in [0, 0.05) is 5.57 Å².